The number of rotatable bonds is 5. The molecule has 6 unspecified atom stereocenters. The zero-order valence-corrected chi connectivity index (χ0v) is 17.7. The molecule has 154 valence electrons. The summed E-state index contributed by atoms with van der Waals surface area (Å²) in [7, 11) is 5.10. The van der Waals surface area contributed by atoms with E-state index in [1.165, 1.54) is 37.5 Å². The molecule has 3 aliphatic rings. The second-order valence-corrected chi connectivity index (χ2v) is 9.28. The van der Waals surface area contributed by atoms with E-state index in [2.05, 4.69) is 25.1 Å². The molecule has 4 nitrogen and oxygen atoms in total. The van der Waals surface area contributed by atoms with Crippen LogP contribution in [0.4, 0.5) is 0 Å². The molecule has 4 heteroatoms. The molecule has 6 atom stereocenters. The lowest BCUT2D eigenvalue weighted by Crippen LogP contribution is -2.45. The van der Waals surface area contributed by atoms with Crippen LogP contribution in [0.2, 0.25) is 0 Å². The maximum Gasteiger partial charge on any atom is 0.305 e. The third kappa shape index (κ3) is 3.14. The van der Waals surface area contributed by atoms with Crippen molar-refractivity contribution in [3.63, 3.8) is 0 Å². The number of fused-ring (bicyclic) bond motifs is 5. The first kappa shape index (κ1) is 19.8. The van der Waals surface area contributed by atoms with Crippen molar-refractivity contribution in [3.8, 4) is 5.75 Å². The summed E-state index contributed by atoms with van der Waals surface area (Å²) in [6, 6.07) is 6.66. The first-order chi connectivity index (χ1) is 13.5. The summed E-state index contributed by atoms with van der Waals surface area (Å²) >= 11 is 0. The highest BCUT2D eigenvalue weighted by atomic mass is 16.5. The number of benzene rings is 1. The Balaban J connectivity index is 1.63. The number of esters is 1. The Morgan fingerprint density at radius 1 is 1.21 bits per heavy atom. The molecular formula is C24H34O4. The quantitative estimate of drug-likeness (QED) is 0.685. The number of carbonyl (C=O) groups is 1. The van der Waals surface area contributed by atoms with Crippen LogP contribution in [0.3, 0.4) is 0 Å². The molecule has 0 aromatic heterocycles. The smallest absolute Gasteiger partial charge is 0.305 e. The second kappa shape index (κ2) is 7.70. The third-order valence-electron chi connectivity index (χ3n) is 8.22. The normalized spacial score (nSPS) is 36.2. The van der Waals surface area contributed by atoms with Crippen molar-refractivity contribution in [1.82, 2.24) is 0 Å². The van der Waals surface area contributed by atoms with Crippen molar-refractivity contribution in [3.05, 3.63) is 29.3 Å². The number of methoxy groups -OCH3 is 3. The van der Waals surface area contributed by atoms with Gasteiger partial charge in [-0.05, 0) is 90.9 Å². The van der Waals surface area contributed by atoms with Crippen molar-refractivity contribution >= 4 is 5.97 Å². The maximum atomic E-state index is 11.8. The van der Waals surface area contributed by atoms with Gasteiger partial charge in [-0.15, -0.1) is 0 Å². The van der Waals surface area contributed by atoms with E-state index in [9.17, 15) is 4.79 Å². The van der Waals surface area contributed by atoms with Crippen LogP contribution in [0.5, 0.6) is 5.75 Å². The largest absolute Gasteiger partial charge is 0.497 e. The van der Waals surface area contributed by atoms with E-state index in [0.29, 0.717) is 36.2 Å². The summed E-state index contributed by atoms with van der Waals surface area (Å²) in [6.07, 6.45) is 7.63. The van der Waals surface area contributed by atoms with Crippen molar-refractivity contribution in [2.75, 3.05) is 21.3 Å². The second-order valence-electron chi connectivity index (χ2n) is 9.28. The van der Waals surface area contributed by atoms with E-state index in [0.717, 1.165) is 25.0 Å². The van der Waals surface area contributed by atoms with Crippen LogP contribution in [0.1, 0.15) is 62.5 Å². The van der Waals surface area contributed by atoms with Crippen LogP contribution >= 0.6 is 0 Å². The molecule has 0 N–H and O–H groups in total. The van der Waals surface area contributed by atoms with Crippen LogP contribution in [-0.4, -0.2) is 33.4 Å². The fourth-order valence-electron chi connectivity index (χ4n) is 6.99. The SMILES string of the molecule is COC(=O)CCC1CC(OC)C2(C)CCC3c4ccc(OC)cc4CCC3C12. The predicted octanol–water partition coefficient (Wildman–Crippen LogP) is 4.75. The van der Waals surface area contributed by atoms with Gasteiger partial charge in [-0.1, -0.05) is 13.0 Å². The Kier molecular flexibility index (Phi) is 5.43. The zero-order chi connectivity index (χ0) is 19.9. The number of carbonyl (C=O) groups excluding carboxylic acids is 1. The Bertz CT molecular complexity index is 729. The highest BCUT2D eigenvalue weighted by molar-refractivity contribution is 5.69. The first-order valence-electron chi connectivity index (χ1n) is 10.8. The summed E-state index contributed by atoms with van der Waals surface area (Å²) < 4.78 is 16.4. The lowest BCUT2D eigenvalue weighted by atomic mass is 9.53. The van der Waals surface area contributed by atoms with Crippen molar-refractivity contribution in [1.29, 1.82) is 0 Å². The minimum Gasteiger partial charge on any atom is -0.497 e. The van der Waals surface area contributed by atoms with Crippen molar-refractivity contribution < 1.29 is 19.0 Å². The van der Waals surface area contributed by atoms with Gasteiger partial charge in [0, 0.05) is 13.5 Å². The Morgan fingerprint density at radius 3 is 2.75 bits per heavy atom. The van der Waals surface area contributed by atoms with E-state index in [4.69, 9.17) is 14.2 Å². The Hall–Kier alpha value is -1.55. The lowest BCUT2D eigenvalue weighted by Gasteiger charge is -2.52. The molecule has 0 saturated heterocycles. The molecule has 0 radical (unpaired) electrons. The minimum atomic E-state index is -0.0870. The Morgan fingerprint density at radius 2 is 2.04 bits per heavy atom. The van der Waals surface area contributed by atoms with Gasteiger partial charge >= 0.3 is 5.97 Å². The first-order valence-corrected chi connectivity index (χ1v) is 10.8. The third-order valence-corrected chi connectivity index (χ3v) is 8.22. The number of ether oxygens (including phenoxy) is 3. The van der Waals surface area contributed by atoms with Gasteiger partial charge < -0.3 is 14.2 Å². The molecule has 1 aromatic carbocycles. The average Bonchev–Trinajstić information content (AvgIpc) is 3.02. The van der Waals surface area contributed by atoms with E-state index >= 15 is 0 Å². The molecule has 2 saturated carbocycles. The fraction of sp³-hybridized carbons (Fsp3) is 0.708. The van der Waals surface area contributed by atoms with Crippen LogP contribution in [-0.2, 0) is 20.7 Å². The summed E-state index contributed by atoms with van der Waals surface area (Å²) in [5.41, 5.74) is 3.23. The standard InChI is InChI=1S/C24H34O4/c1-24-12-11-19-18-9-7-17(26-2)13-15(18)5-8-20(19)23(24)16(14-21(24)27-3)6-10-22(25)28-4/h7,9,13,16,19-21,23H,5-6,8,10-12,14H2,1-4H3. The molecule has 2 fully saturated rings. The van der Waals surface area contributed by atoms with E-state index in [1.807, 2.05) is 7.11 Å². The molecular weight excluding hydrogens is 352 g/mol. The molecule has 0 aliphatic heterocycles. The average molecular weight is 387 g/mol. The highest BCUT2D eigenvalue weighted by Crippen LogP contribution is 2.64. The lowest BCUT2D eigenvalue weighted by molar-refractivity contribution is -0.141. The number of aryl methyl sites for hydroxylation is 1. The van der Waals surface area contributed by atoms with Crippen LogP contribution < -0.4 is 4.74 Å². The van der Waals surface area contributed by atoms with Gasteiger partial charge in [0.2, 0.25) is 0 Å². The summed E-state index contributed by atoms with van der Waals surface area (Å²) in [5.74, 6) is 3.36. The van der Waals surface area contributed by atoms with Crippen LogP contribution in [0.25, 0.3) is 0 Å². The van der Waals surface area contributed by atoms with E-state index < -0.39 is 0 Å². The van der Waals surface area contributed by atoms with Gasteiger partial charge in [-0.25, -0.2) is 0 Å². The number of hydrogen-bond donors (Lipinski definition) is 0. The molecule has 4 rings (SSSR count). The van der Waals surface area contributed by atoms with Gasteiger partial charge in [0.05, 0.1) is 20.3 Å². The number of hydrogen-bond acceptors (Lipinski definition) is 4. The minimum absolute atomic E-state index is 0.0870. The van der Waals surface area contributed by atoms with E-state index in [1.54, 1.807) is 7.11 Å². The zero-order valence-electron chi connectivity index (χ0n) is 17.7. The highest BCUT2D eigenvalue weighted by Gasteiger charge is 2.58. The summed E-state index contributed by atoms with van der Waals surface area (Å²) in [5, 5.41) is 0. The van der Waals surface area contributed by atoms with E-state index in [-0.39, 0.29) is 11.4 Å². The topological polar surface area (TPSA) is 44.8 Å². The van der Waals surface area contributed by atoms with Crippen LogP contribution in [0.15, 0.2) is 18.2 Å². The van der Waals surface area contributed by atoms with Crippen molar-refractivity contribution in [2.45, 2.75) is 63.9 Å². The van der Waals surface area contributed by atoms with Crippen molar-refractivity contribution in [2.24, 2.45) is 23.2 Å². The fourth-order valence-corrected chi connectivity index (χ4v) is 6.99. The molecule has 3 aliphatic carbocycles. The van der Waals surface area contributed by atoms with Gasteiger partial charge in [0.15, 0.2) is 0 Å². The maximum absolute atomic E-state index is 11.8. The van der Waals surface area contributed by atoms with Gasteiger partial charge in [-0.3, -0.25) is 4.79 Å². The monoisotopic (exact) mass is 386 g/mol. The molecule has 0 heterocycles. The molecule has 0 spiro atoms. The molecule has 0 amide bonds. The Labute approximate surface area is 168 Å². The van der Waals surface area contributed by atoms with Gasteiger partial charge in [-0.2, -0.15) is 0 Å². The molecule has 1 aromatic rings. The molecule has 28 heavy (non-hydrogen) atoms. The summed E-state index contributed by atoms with van der Waals surface area (Å²) in [4.78, 5) is 11.8. The molecule has 0 bridgehead atoms. The van der Waals surface area contributed by atoms with Crippen LogP contribution in [0, 0.1) is 23.2 Å². The van der Waals surface area contributed by atoms with Gasteiger partial charge in [0.25, 0.3) is 0 Å². The summed E-state index contributed by atoms with van der Waals surface area (Å²) in [6.45, 7) is 2.45. The predicted molar refractivity (Wildman–Crippen MR) is 109 cm³/mol. The van der Waals surface area contributed by atoms with Gasteiger partial charge in [0.1, 0.15) is 5.75 Å².